The molecule has 1 aliphatic heterocycles. The van der Waals surface area contributed by atoms with E-state index in [9.17, 15) is 9.59 Å². The van der Waals surface area contributed by atoms with Crippen LogP contribution in [0.25, 0.3) is 0 Å². The molecule has 3 rings (SSSR count). The second kappa shape index (κ2) is 9.92. The summed E-state index contributed by atoms with van der Waals surface area (Å²) < 4.78 is 5.32. The van der Waals surface area contributed by atoms with E-state index in [-0.39, 0.29) is 11.9 Å². The zero-order valence-electron chi connectivity index (χ0n) is 17.9. The van der Waals surface area contributed by atoms with Crippen molar-refractivity contribution in [1.29, 1.82) is 0 Å². The zero-order chi connectivity index (χ0) is 20.9. The number of carbonyl (C=O) groups excluding carboxylic acids is 2. The van der Waals surface area contributed by atoms with Crippen molar-refractivity contribution in [3.63, 3.8) is 0 Å². The number of amides is 1. The van der Waals surface area contributed by atoms with Gasteiger partial charge in [0.1, 0.15) is 5.60 Å². The summed E-state index contributed by atoms with van der Waals surface area (Å²) in [5.41, 5.74) is 1.12. The van der Waals surface area contributed by atoms with Gasteiger partial charge in [0.2, 0.25) is 0 Å². The number of esters is 1. The van der Waals surface area contributed by atoms with E-state index in [2.05, 4.69) is 9.97 Å². The molecule has 0 radical (unpaired) electrons. The van der Waals surface area contributed by atoms with Crippen LogP contribution in [-0.4, -0.2) is 50.7 Å². The number of ether oxygens (including phenoxy) is 1. The van der Waals surface area contributed by atoms with Gasteiger partial charge in [-0.1, -0.05) is 31.0 Å². The molecule has 1 amide bonds. The third-order valence-corrected chi connectivity index (χ3v) is 6.50. The smallest absolute Gasteiger partial charge is 0.306 e. The molecule has 0 atom stereocenters. The van der Waals surface area contributed by atoms with Crippen LogP contribution in [0.2, 0.25) is 0 Å². The van der Waals surface area contributed by atoms with Gasteiger partial charge in [-0.25, -0.2) is 9.97 Å². The Morgan fingerprint density at radius 3 is 2.72 bits per heavy atom. The van der Waals surface area contributed by atoms with Gasteiger partial charge in [-0.15, -0.1) is 0 Å². The molecule has 6 nitrogen and oxygen atoms in total. The largest absolute Gasteiger partial charge is 0.460 e. The van der Waals surface area contributed by atoms with E-state index in [1.165, 1.54) is 25.7 Å². The highest BCUT2D eigenvalue weighted by Gasteiger charge is 2.27. The molecule has 0 bridgehead atoms. The van der Waals surface area contributed by atoms with Crippen LogP contribution in [0.3, 0.4) is 0 Å². The Hall–Kier alpha value is -1.63. The lowest BCUT2D eigenvalue weighted by molar-refractivity contribution is -0.154. The fourth-order valence-electron chi connectivity index (χ4n) is 3.85. The molecule has 1 aliphatic carbocycles. The summed E-state index contributed by atoms with van der Waals surface area (Å²) in [6.07, 6.45) is 10.6. The van der Waals surface area contributed by atoms with Gasteiger partial charge < -0.3 is 9.64 Å². The van der Waals surface area contributed by atoms with Crippen molar-refractivity contribution in [2.75, 3.05) is 13.1 Å². The molecule has 2 heterocycles. The Balaban J connectivity index is 1.42. The Morgan fingerprint density at radius 2 is 2.00 bits per heavy atom. The number of nitrogens with zero attached hydrogens (tertiary/aromatic N) is 3. The van der Waals surface area contributed by atoms with Crippen molar-refractivity contribution in [3.8, 4) is 0 Å². The number of rotatable bonds is 8. The van der Waals surface area contributed by atoms with E-state index >= 15 is 0 Å². The van der Waals surface area contributed by atoms with Crippen LogP contribution in [0.1, 0.15) is 88.2 Å². The second-order valence-electron chi connectivity index (χ2n) is 8.98. The van der Waals surface area contributed by atoms with E-state index in [1.807, 2.05) is 25.7 Å². The minimum Gasteiger partial charge on any atom is -0.460 e. The normalized spacial score (nSPS) is 17.5. The molecule has 1 fully saturated rings. The first-order valence-electron chi connectivity index (χ1n) is 10.9. The number of aromatic nitrogens is 2. The fourth-order valence-corrected chi connectivity index (χ4v) is 4.99. The molecular formula is C22H33N3O3S. The van der Waals surface area contributed by atoms with E-state index in [1.54, 1.807) is 18.0 Å². The molecule has 7 heteroatoms. The van der Waals surface area contributed by atoms with Gasteiger partial charge in [-0.3, -0.25) is 9.59 Å². The summed E-state index contributed by atoms with van der Waals surface area (Å²) in [7, 11) is 0. The van der Waals surface area contributed by atoms with Gasteiger partial charge >= 0.3 is 5.97 Å². The van der Waals surface area contributed by atoms with Crippen molar-refractivity contribution in [2.45, 2.75) is 94.6 Å². The summed E-state index contributed by atoms with van der Waals surface area (Å²) in [5, 5.41) is 1.45. The van der Waals surface area contributed by atoms with E-state index in [4.69, 9.17) is 4.74 Å². The molecule has 0 N–H and O–H groups in total. The van der Waals surface area contributed by atoms with Crippen LogP contribution in [0.4, 0.5) is 0 Å². The third-order valence-electron chi connectivity index (χ3n) is 5.28. The predicted molar refractivity (Wildman–Crippen MR) is 114 cm³/mol. The Bertz CT molecular complexity index is 727. The van der Waals surface area contributed by atoms with Gasteiger partial charge in [0, 0.05) is 37.4 Å². The van der Waals surface area contributed by atoms with Gasteiger partial charge in [-0.05, 0) is 46.5 Å². The molecule has 0 saturated heterocycles. The van der Waals surface area contributed by atoms with Crippen molar-refractivity contribution >= 4 is 23.6 Å². The highest BCUT2D eigenvalue weighted by molar-refractivity contribution is 7.99. The molecule has 2 aliphatic rings. The summed E-state index contributed by atoms with van der Waals surface area (Å²) in [4.78, 5) is 35.5. The van der Waals surface area contributed by atoms with E-state index in [0.29, 0.717) is 30.3 Å². The number of hydrogen-bond acceptors (Lipinski definition) is 6. The van der Waals surface area contributed by atoms with Crippen LogP contribution in [0, 0.1) is 0 Å². The highest BCUT2D eigenvalue weighted by Crippen LogP contribution is 2.33. The summed E-state index contributed by atoms with van der Waals surface area (Å²) in [5.74, 6) is -0.111. The number of carbonyl (C=O) groups is 2. The minimum atomic E-state index is -0.428. The molecule has 0 aromatic carbocycles. The summed E-state index contributed by atoms with van der Waals surface area (Å²) in [6, 6.07) is 0. The monoisotopic (exact) mass is 419 g/mol. The molecule has 0 unspecified atom stereocenters. The average Bonchev–Trinajstić information content (AvgIpc) is 3.14. The molecular weight excluding hydrogens is 386 g/mol. The lowest BCUT2D eigenvalue weighted by Gasteiger charge is -2.28. The van der Waals surface area contributed by atoms with Gasteiger partial charge in [0.15, 0.2) is 5.16 Å². The Kier molecular flexibility index (Phi) is 7.55. The van der Waals surface area contributed by atoms with Crippen LogP contribution in [0.15, 0.2) is 11.4 Å². The molecule has 29 heavy (non-hydrogen) atoms. The van der Waals surface area contributed by atoms with Crippen molar-refractivity contribution in [2.24, 2.45) is 0 Å². The van der Waals surface area contributed by atoms with Crippen LogP contribution >= 0.6 is 11.8 Å². The quantitative estimate of drug-likeness (QED) is 0.353. The first-order valence-corrected chi connectivity index (χ1v) is 11.7. The highest BCUT2D eigenvalue weighted by atomic mass is 32.2. The maximum absolute atomic E-state index is 12.8. The Morgan fingerprint density at radius 1 is 1.24 bits per heavy atom. The zero-order valence-corrected chi connectivity index (χ0v) is 18.7. The minimum absolute atomic E-state index is 0.0378. The number of thioether (sulfide) groups is 1. The number of hydrogen-bond donors (Lipinski definition) is 0. The fraction of sp³-hybridized carbons (Fsp3) is 0.727. The van der Waals surface area contributed by atoms with Gasteiger partial charge in [0.25, 0.3) is 5.91 Å². The van der Waals surface area contributed by atoms with E-state index < -0.39 is 5.60 Å². The first kappa shape index (κ1) is 22.1. The molecule has 160 valence electrons. The standard InChI is InChI=1S/C22H33N3O3S/c1-22(2,3)28-19(26)11-5-4-8-13-25-14-12-18-17(20(25)27)15-23-21(24-18)29-16-9-6-7-10-16/h15-16H,4-14H2,1-3H3. The average molecular weight is 420 g/mol. The van der Waals surface area contributed by atoms with E-state index in [0.717, 1.165) is 36.5 Å². The van der Waals surface area contributed by atoms with Crippen molar-refractivity contribution in [1.82, 2.24) is 14.9 Å². The molecule has 1 saturated carbocycles. The first-order chi connectivity index (χ1) is 13.8. The molecule has 1 aromatic heterocycles. The topological polar surface area (TPSA) is 72.4 Å². The summed E-state index contributed by atoms with van der Waals surface area (Å²) >= 11 is 1.77. The predicted octanol–water partition coefficient (Wildman–Crippen LogP) is 4.41. The Labute approximate surface area is 178 Å². The molecule has 1 aromatic rings. The van der Waals surface area contributed by atoms with Crippen LogP contribution in [0.5, 0.6) is 0 Å². The lowest BCUT2D eigenvalue weighted by Crippen LogP contribution is -2.38. The lowest BCUT2D eigenvalue weighted by atomic mass is 10.1. The number of fused-ring (bicyclic) bond motifs is 1. The SMILES string of the molecule is CC(C)(C)OC(=O)CCCCCN1CCc2nc(SC3CCCC3)ncc2C1=O. The third kappa shape index (κ3) is 6.69. The summed E-state index contributed by atoms with van der Waals surface area (Å²) in [6.45, 7) is 7.06. The maximum atomic E-state index is 12.8. The van der Waals surface area contributed by atoms with Crippen molar-refractivity contribution in [3.05, 3.63) is 17.5 Å². The van der Waals surface area contributed by atoms with Crippen LogP contribution in [-0.2, 0) is 16.0 Å². The van der Waals surface area contributed by atoms with Crippen molar-refractivity contribution < 1.29 is 14.3 Å². The van der Waals surface area contributed by atoms with Crippen LogP contribution < -0.4 is 0 Å². The molecule has 0 spiro atoms. The van der Waals surface area contributed by atoms with Gasteiger partial charge in [0.05, 0.1) is 11.3 Å². The number of unbranched alkanes of at least 4 members (excludes halogenated alkanes) is 2. The second-order valence-corrected chi connectivity index (χ2v) is 10.2. The van der Waals surface area contributed by atoms with Gasteiger partial charge in [-0.2, -0.15) is 0 Å². The maximum Gasteiger partial charge on any atom is 0.306 e.